The first-order valence-corrected chi connectivity index (χ1v) is 9.07. The van der Waals surface area contributed by atoms with Crippen LogP contribution in [0.4, 0.5) is 0 Å². The molecule has 6 nitrogen and oxygen atoms in total. The number of guanidine groups is 1. The van der Waals surface area contributed by atoms with E-state index < -0.39 is 0 Å². The number of hydrogen-bond donors (Lipinski definition) is 2. The second kappa shape index (κ2) is 10.4. The smallest absolute Gasteiger partial charge is 0.191 e. The summed E-state index contributed by atoms with van der Waals surface area (Å²) in [7, 11) is 1.81. The van der Waals surface area contributed by atoms with E-state index in [-0.39, 0.29) is 6.04 Å². The van der Waals surface area contributed by atoms with Gasteiger partial charge in [-0.15, -0.1) is 0 Å². The van der Waals surface area contributed by atoms with Gasteiger partial charge in [-0.25, -0.2) is 0 Å². The maximum absolute atomic E-state index is 5.89. The average molecular weight is 336 g/mol. The fourth-order valence-electron chi connectivity index (χ4n) is 3.03. The average Bonchev–Trinajstić information content (AvgIpc) is 3.25. The molecule has 1 aromatic heterocycles. The molecule has 1 aliphatic heterocycles. The first kappa shape index (κ1) is 18.8. The Morgan fingerprint density at radius 1 is 1.33 bits per heavy atom. The van der Waals surface area contributed by atoms with Crippen molar-refractivity contribution in [1.82, 2.24) is 15.5 Å². The standard InChI is InChI=1S/C18H32N4O2/c1-4-23-13-7-10-20-18(19-3)21-14-16(22-11-5-6-12-22)17-9-8-15(2)24-17/h8-9,16H,4-7,10-14H2,1-3H3,(H2,19,20,21). The third-order valence-electron chi connectivity index (χ3n) is 4.32. The van der Waals surface area contributed by atoms with Crippen molar-refractivity contribution in [2.75, 3.05) is 46.4 Å². The summed E-state index contributed by atoms with van der Waals surface area (Å²) in [5.74, 6) is 2.83. The first-order chi connectivity index (χ1) is 11.7. The Balaban J connectivity index is 1.84. The summed E-state index contributed by atoms with van der Waals surface area (Å²) in [6.45, 7) is 9.47. The zero-order valence-electron chi connectivity index (χ0n) is 15.3. The van der Waals surface area contributed by atoms with Crippen LogP contribution >= 0.6 is 0 Å². The van der Waals surface area contributed by atoms with E-state index in [1.165, 1.54) is 12.8 Å². The van der Waals surface area contributed by atoms with Crippen LogP contribution in [0.1, 0.15) is 43.7 Å². The van der Waals surface area contributed by atoms with Crippen LogP contribution in [0.15, 0.2) is 21.5 Å². The third-order valence-corrected chi connectivity index (χ3v) is 4.32. The fourth-order valence-corrected chi connectivity index (χ4v) is 3.03. The van der Waals surface area contributed by atoms with Gasteiger partial charge in [-0.3, -0.25) is 9.89 Å². The van der Waals surface area contributed by atoms with Gasteiger partial charge in [-0.05, 0) is 58.3 Å². The Morgan fingerprint density at radius 2 is 2.12 bits per heavy atom. The summed E-state index contributed by atoms with van der Waals surface area (Å²) in [6.07, 6.45) is 3.50. The maximum atomic E-state index is 5.89. The maximum Gasteiger partial charge on any atom is 0.191 e. The van der Waals surface area contributed by atoms with Gasteiger partial charge in [-0.1, -0.05) is 0 Å². The molecule has 0 aromatic carbocycles. The predicted octanol–water partition coefficient (Wildman–Crippen LogP) is 2.32. The highest BCUT2D eigenvalue weighted by molar-refractivity contribution is 5.79. The van der Waals surface area contributed by atoms with Crippen LogP contribution in [-0.2, 0) is 4.74 Å². The Labute approximate surface area is 145 Å². The molecule has 0 bridgehead atoms. The van der Waals surface area contributed by atoms with Crippen LogP contribution in [0.5, 0.6) is 0 Å². The van der Waals surface area contributed by atoms with E-state index in [9.17, 15) is 0 Å². The number of ether oxygens (including phenoxy) is 1. The van der Waals surface area contributed by atoms with E-state index in [1.54, 1.807) is 7.05 Å². The van der Waals surface area contributed by atoms with Crippen molar-refractivity contribution in [2.24, 2.45) is 4.99 Å². The Bertz CT molecular complexity index is 495. The number of hydrogen-bond acceptors (Lipinski definition) is 4. The lowest BCUT2D eigenvalue weighted by molar-refractivity contribution is 0.145. The van der Waals surface area contributed by atoms with Crippen LogP contribution in [0, 0.1) is 6.92 Å². The molecular weight excluding hydrogens is 304 g/mol. The van der Waals surface area contributed by atoms with Crippen LogP contribution in [0.2, 0.25) is 0 Å². The molecule has 6 heteroatoms. The number of likely N-dealkylation sites (tertiary alicyclic amines) is 1. The number of nitrogens with zero attached hydrogens (tertiary/aromatic N) is 2. The van der Waals surface area contributed by atoms with Gasteiger partial charge in [0.1, 0.15) is 11.5 Å². The SMILES string of the molecule is CCOCCCNC(=NC)NCC(c1ccc(C)o1)N1CCCC1. The molecule has 1 aliphatic rings. The minimum Gasteiger partial charge on any atom is -0.465 e. The van der Waals surface area contributed by atoms with Gasteiger partial charge in [0.2, 0.25) is 0 Å². The molecule has 0 spiro atoms. The number of aliphatic imine (C=N–C) groups is 1. The predicted molar refractivity (Wildman–Crippen MR) is 97.5 cm³/mol. The summed E-state index contributed by atoms with van der Waals surface area (Å²) in [4.78, 5) is 6.80. The number of rotatable bonds is 9. The van der Waals surface area contributed by atoms with E-state index in [4.69, 9.17) is 9.15 Å². The highest BCUT2D eigenvalue weighted by Crippen LogP contribution is 2.26. The largest absolute Gasteiger partial charge is 0.465 e. The zero-order valence-corrected chi connectivity index (χ0v) is 15.3. The molecule has 0 aliphatic carbocycles. The second-order valence-electron chi connectivity index (χ2n) is 6.14. The van der Waals surface area contributed by atoms with Crippen molar-refractivity contribution in [1.29, 1.82) is 0 Å². The Morgan fingerprint density at radius 3 is 2.75 bits per heavy atom. The van der Waals surface area contributed by atoms with E-state index in [0.29, 0.717) is 0 Å². The van der Waals surface area contributed by atoms with Crippen molar-refractivity contribution in [3.63, 3.8) is 0 Å². The van der Waals surface area contributed by atoms with Gasteiger partial charge in [0.25, 0.3) is 0 Å². The molecule has 2 rings (SSSR count). The summed E-state index contributed by atoms with van der Waals surface area (Å²) < 4.78 is 11.2. The van der Waals surface area contributed by atoms with Gasteiger partial charge in [0.05, 0.1) is 6.04 Å². The summed E-state index contributed by atoms with van der Waals surface area (Å²) in [5.41, 5.74) is 0. The summed E-state index contributed by atoms with van der Waals surface area (Å²) in [6, 6.07) is 4.39. The van der Waals surface area contributed by atoms with E-state index in [0.717, 1.165) is 63.3 Å². The first-order valence-electron chi connectivity index (χ1n) is 9.07. The number of nitrogens with one attached hydrogen (secondary N) is 2. The normalized spacial score (nSPS) is 17.2. The molecule has 0 amide bonds. The van der Waals surface area contributed by atoms with Gasteiger partial charge in [0, 0.05) is 33.4 Å². The van der Waals surface area contributed by atoms with Crippen molar-refractivity contribution in [3.05, 3.63) is 23.7 Å². The lowest BCUT2D eigenvalue weighted by Crippen LogP contribution is -2.43. The molecule has 24 heavy (non-hydrogen) atoms. The van der Waals surface area contributed by atoms with Crippen LogP contribution in [-0.4, -0.2) is 57.3 Å². The van der Waals surface area contributed by atoms with E-state index in [2.05, 4.69) is 26.6 Å². The minimum absolute atomic E-state index is 0.253. The monoisotopic (exact) mass is 336 g/mol. The molecule has 2 heterocycles. The molecule has 0 saturated carbocycles. The zero-order chi connectivity index (χ0) is 17.2. The van der Waals surface area contributed by atoms with Gasteiger partial charge >= 0.3 is 0 Å². The highest BCUT2D eigenvalue weighted by atomic mass is 16.5. The highest BCUT2D eigenvalue weighted by Gasteiger charge is 2.26. The number of aryl methyl sites for hydroxylation is 1. The molecule has 1 atom stereocenters. The van der Waals surface area contributed by atoms with Gasteiger partial charge in [0.15, 0.2) is 5.96 Å². The molecule has 2 N–H and O–H groups in total. The minimum atomic E-state index is 0.253. The number of furan rings is 1. The van der Waals surface area contributed by atoms with Crippen LogP contribution in [0.3, 0.4) is 0 Å². The molecule has 1 fully saturated rings. The van der Waals surface area contributed by atoms with Crippen molar-refractivity contribution in [3.8, 4) is 0 Å². The van der Waals surface area contributed by atoms with Crippen molar-refractivity contribution < 1.29 is 9.15 Å². The summed E-state index contributed by atoms with van der Waals surface area (Å²) >= 11 is 0. The molecule has 1 unspecified atom stereocenters. The molecule has 0 radical (unpaired) electrons. The Kier molecular flexibility index (Phi) is 8.12. The van der Waals surface area contributed by atoms with Gasteiger partial charge in [-0.2, -0.15) is 0 Å². The van der Waals surface area contributed by atoms with Gasteiger partial charge < -0.3 is 19.8 Å². The molecule has 1 saturated heterocycles. The lowest BCUT2D eigenvalue weighted by Gasteiger charge is -2.26. The topological polar surface area (TPSA) is 62.0 Å². The molecule has 1 aromatic rings. The van der Waals surface area contributed by atoms with Crippen LogP contribution < -0.4 is 10.6 Å². The van der Waals surface area contributed by atoms with Crippen molar-refractivity contribution >= 4 is 5.96 Å². The fraction of sp³-hybridized carbons (Fsp3) is 0.722. The van der Waals surface area contributed by atoms with Crippen LogP contribution in [0.25, 0.3) is 0 Å². The third kappa shape index (κ3) is 5.83. The van der Waals surface area contributed by atoms with E-state index >= 15 is 0 Å². The molecule has 136 valence electrons. The van der Waals surface area contributed by atoms with Crippen molar-refractivity contribution in [2.45, 2.75) is 39.2 Å². The Hall–Kier alpha value is -1.53. The molecular formula is C18H32N4O2. The quantitative estimate of drug-likeness (QED) is 0.412. The van der Waals surface area contributed by atoms with E-state index in [1.807, 2.05) is 19.9 Å². The second-order valence-corrected chi connectivity index (χ2v) is 6.14. The summed E-state index contributed by atoms with van der Waals surface area (Å²) in [5, 5.41) is 6.78. The lowest BCUT2D eigenvalue weighted by atomic mass is 10.2.